The van der Waals surface area contributed by atoms with Gasteiger partial charge < -0.3 is 24.6 Å². The minimum absolute atomic E-state index is 0.445. The maximum atomic E-state index is 12.6. The highest BCUT2D eigenvalue weighted by Gasteiger charge is 2.23. The fraction of sp³-hybridized carbons (Fsp3) is 0.727. The van der Waals surface area contributed by atoms with Gasteiger partial charge in [-0.3, -0.25) is 14.4 Å². The summed E-state index contributed by atoms with van der Waals surface area (Å²) in [4.78, 5) is 35.5. The van der Waals surface area contributed by atoms with Gasteiger partial charge in [0.15, 0.2) is 6.61 Å². The summed E-state index contributed by atoms with van der Waals surface area (Å²) in [6, 6.07) is 0. The van der Waals surface area contributed by atoms with Crippen molar-refractivity contribution in [3.8, 4) is 11.5 Å². The second-order valence-electron chi connectivity index (χ2n) is 12.1. The molecule has 1 rings (SSSR count). The number of benzene rings is 1. The zero-order valence-corrected chi connectivity index (χ0v) is 26.8. The van der Waals surface area contributed by atoms with E-state index < -0.39 is 37.5 Å². The van der Waals surface area contributed by atoms with Gasteiger partial charge in [-0.2, -0.15) is 0 Å². The second-order valence-corrected chi connectivity index (χ2v) is 12.1. The van der Waals surface area contributed by atoms with Gasteiger partial charge in [-0.1, -0.05) is 73.1 Å². The van der Waals surface area contributed by atoms with Crippen LogP contribution in [-0.2, 0) is 20.8 Å². The lowest BCUT2D eigenvalue weighted by atomic mass is 9.92. The van der Waals surface area contributed by atoms with Crippen molar-refractivity contribution in [2.75, 3.05) is 26.3 Å². The first-order chi connectivity index (χ1) is 19.3. The van der Waals surface area contributed by atoms with Crippen molar-refractivity contribution in [2.45, 2.75) is 113 Å². The zero-order valence-electron chi connectivity index (χ0n) is 26.8. The van der Waals surface area contributed by atoms with Crippen molar-refractivity contribution in [1.82, 2.24) is 4.90 Å². The fourth-order valence-corrected chi connectivity index (χ4v) is 5.36. The highest BCUT2D eigenvalue weighted by Crippen LogP contribution is 2.38. The lowest BCUT2D eigenvalue weighted by Crippen LogP contribution is -2.41. The maximum Gasteiger partial charge on any atom is 0.323 e. The smallest absolute Gasteiger partial charge is 0.323 e. The molecule has 1 amide bonds. The molecule has 1 aromatic carbocycles. The quantitative estimate of drug-likeness (QED) is 0.152. The van der Waals surface area contributed by atoms with E-state index in [0.29, 0.717) is 18.3 Å². The number of carbonyl (C=O) groups excluding carboxylic acids is 1. The summed E-state index contributed by atoms with van der Waals surface area (Å²) in [7, 11) is 0. The molecular weight excluding hydrogens is 522 g/mol. The molecule has 0 saturated carbocycles. The van der Waals surface area contributed by atoms with Crippen LogP contribution >= 0.6 is 0 Å². The van der Waals surface area contributed by atoms with E-state index in [9.17, 15) is 14.4 Å². The van der Waals surface area contributed by atoms with Gasteiger partial charge in [0.25, 0.3) is 5.91 Å². The average molecular weight is 578 g/mol. The van der Waals surface area contributed by atoms with Crippen LogP contribution in [0.1, 0.15) is 108 Å². The maximum absolute atomic E-state index is 12.6. The predicted molar refractivity (Wildman–Crippen MR) is 163 cm³/mol. The van der Waals surface area contributed by atoms with Crippen molar-refractivity contribution >= 4 is 17.8 Å². The first-order valence-corrected chi connectivity index (χ1v) is 15.4. The molecule has 0 saturated heterocycles. The molecule has 0 fully saturated rings. The number of rotatable bonds is 21. The minimum Gasteiger partial charge on any atom is -0.493 e. The number of nitrogens with zero attached hydrogens (tertiary/aromatic N) is 1. The fourth-order valence-electron chi connectivity index (χ4n) is 5.36. The SMILES string of the molecule is CCc1c(C)c(OCC(=O)N(CC(=O)O)CC(=O)O)c(C)c(C)c1OCCC[C@H](C)CCC[C@H](C)CCCC(C)C. The Morgan fingerprint density at radius 3 is 1.68 bits per heavy atom. The number of ether oxygens (including phenoxy) is 2. The van der Waals surface area contributed by atoms with Gasteiger partial charge in [0.2, 0.25) is 0 Å². The third kappa shape index (κ3) is 13.2. The number of carboxylic acids is 2. The van der Waals surface area contributed by atoms with Crippen molar-refractivity contribution in [1.29, 1.82) is 0 Å². The number of hydrogen-bond acceptors (Lipinski definition) is 5. The lowest BCUT2D eigenvalue weighted by Gasteiger charge is -2.23. The molecule has 0 aromatic heterocycles. The zero-order chi connectivity index (χ0) is 31.1. The van der Waals surface area contributed by atoms with Crippen LogP contribution < -0.4 is 9.47 Å². The molecule has 8 nitrogen and oxygen atoms in total. The van der Waals surface area contributed by atoms with Crippen LogP contribution in [0.25, 0.3) is 0 Å². The normalized spacial score (nSPS) is 12.7. The average Bonchev–Trinajstić information content (AvgIpc) is 2.88. The van der Waals surface area contributed by atoms with E-state index in [1.807, 2.05) is 27.7 Å². The summed E-state index contributed by atoms with van der Waals surface area (Å²) in [5.41, 5.74) is 3.68. The molecule has 0 heterocycles. The van der Waals surface area contributed by atoms with E-state index in [-0.39, 0.29) is 0 Å². The number of carboxylic acid groups (broad SMARTS) is 2. The predicted octanol–water partition coefficient (Wildman–Crippen LogP) is 6.98. The Bertz CT molecular complexity index is 973. The van der Waals surface area contributed by atoms with Crippen LogP contribution in [0.3, 0.4) is 0 Å². The van der Waals surface area contributed by atoms with Crippen LogP contribution in [0.15, 0.2) is 0 Å². The summed E-state index contributed by atoms with van der Waals surface area (Å²) in [6.45, 7) is 16.0. The summed E-state index contributed by atoms with van der Waals surface area (Å²) in [5, 5.41) is 18.1. The molecule has 234 valence electrons. The molecule has 0 aliphatic heterocycles. The molecule has 0 bridgehead atoms. The van der Waals surface area contributed by atoms with Gasteiger partial charge in [-0.15, -0.1) is 0 Å². The third-order valence-electron chi connectivity index (χ3n) is 7.97. The van der Waals surface area contributed by atoms with Gasteiger partial charge in [-0.05, 0) is 74.5 Å². The Kier molecular flexibility index (Phi) is 16.5. The van der Waals surface area contributed by atoms with Crippen LogP contribution in [0.4, 0.5) is 0 Å². The molecule has 0 spiro atoms. The molecule has 0 unspecified atom stereocenters. The van der Waals surface area contributed by atoms with E-state index >= 15 is 0 Å². The van der Waals surface area contributed by atoms with E-state index in [1.165, 1.54) is 38.5 Å². The Hall–Kier alpha value is -2.77. The summed E-state index contributed by atoms with van der Waals surface area (Å²) < 4.78 is 12.2. The highest BCUT2D eigenvalue weighted by atomic mass is 16.5. The summed E-state index contributed by atoms with van der Waals surface area (Å²) in [6.07, 6.45) is 10.7. The van der Waals surface area contributed by atoms with E-state index in [0.717, 1.165) is 64.0 Å². The second kappa shape index (κ2) is 18.6. The largest absolute Gasteiger partial charge is 0.493 e. The van der Waals surface area contributed by atoms with E-state index in [1.54, 1.807) is 0 Å². The van der Waals surface area contributed by atoms with Gasteiger partial charge >= 0.3 is 11.9 Å². The molecule has 2 N–H and O–H groups in total. The van der Waals surface area contributed by atoms with E-state index in [4.69, 9.17) is 19.7 Å². The molecule has 0 aliphatic carbocycles. The number of hydrogen-bond donors (Lipinski definition) is 2. The third-order valence-corrected chi connectivity index (χ3v) is 7.97. The Balaban J connectivity index is 2.69. The molecule has 1 aromatic rings. The van der Waals surface area contributed by atoms with Crippen molar-refractivity contribution in [3.05, 3.63) is 22.3 Å². The van der Waals surface area contributed by atoms with Crippen LogP contribution in [0, 0.1) is 38.5 Å². The molecule has 0 radical (unpaired) electrons. The number of carbonyl (C=O) groups is 3. The van der Waals surface area contributed by atoms with Crippen LogP contribution in [-0.4, -0.2) is 59.3 Å². The van der Waals surface area contributed by atoms with Gasteiger partial charge in [0.05, 0.1) is 6.61 Å². The summed E-state index contributed by atoms with van der Waals surface area (Å²) in [5.74, 6) is 0.436. The van der Waals surface area contributed by atoms with Gasteiger partial charge in [0, 0.05) is 5.56 Å². The van der Waals surface area contributed by atoms with Gasteiger partial charge in [0.1, 0.15) is 24.6 Å². The van der Waals surface area contributed by atoms with Crippen LogP contribution in [0.2, 0.25) is 0 Å². The lowest BCUT2D eigenvalue weighted by molar-refractivity contribution is -0.150. The first kappa shape index (κ1) is 36.3. The van der Waals surface area contributed by atoms with Gasteiger partial charge in [-0.25, -0.2) is 0 Å². The van der Waals surface area contributed by atoms with Crippen molar-refractivity contribution in [3.63, 3.8) is 0 Å². The number of amides is 1. The minimum atomic E-state index is -1.28. The van der Waals surface area contributed by atoms with E-state index in [2.05, 4.69) is 27.7 Å². The Labute approximate surface area is 247 Å². The standard InChI is InChI=1S/C33H55NO7/c1-9-28-27(8)32(41-21-29(35)34(19-30(36)37)20-31(38)39)25(6)26(7)33(28)40-18-12-17-24(5)16-11-15-23(4)14-10-13-22(2)3/h22-24H,9-21H2,1-8H3,(H,36,37)(H,38,39)/t23-,24-/m1/s1. The summed E-state index contributed by atoms with van der Waals surface area (Å²) >= 11 is 0. The molecule has 41 heavy (non-hydrogen) atoms. The highest BCUT2D eigenvalue weighted by molar-refractivity contribution is 5.86. The Morgan fingerprint density at radius 2 is 1.20 bits per heavy atom. The molecule has 8 heteroatoms. The van der Waals surface area contributed by atoms with Crippen LogP contribution in [0.5, 0.6) is 11.5 Å². The Morgan fingerprint density at radius 1 is 0.707 bits per heavy atom. The molecule has 2 atom stereocenters. The molecule has 0 aliphatic rings. The van der Waals surface area contributed by atoms with Crippen molar-refractivity contribution < 1.29 is 34.1 Å². The topological polar surface area (TPSA) is 113 Å². The van der Waals surface area contributed by atoms with Crippen molar-refractivity contribution in [2.24, 2.45) is 17.8 Å². The molecular formula is C33H55NO7. The monoisotopic (exact) mass is 577 g/mol. The first-order valence-electron chi connectivity index (χ1n) is 15.4. The number of aliphatic carboxylic acids is 2.